The number of hydrogen-bond acceptors (Lipinski definition) is 11. The average Bonchev–Trinajstić information content (AvgIpc) is 3.49. The third-order valence-corrected chi connectivity index (χ3v) is 9.09. The molecule has 1 aromatic carbocycles. The molecular weight excluding hydrogens is 657 g/mol. The molecule has 10 nitrogen and oxygen atoms in total. The smallest absolute Gasteiger partial charge is 0.475 e. The number of nitrogens with one attached hydrogen (secondary N) is 3. The van der Waals surface area contributed by atoms with E-state index in [4.69, 9.17) is 19.9 Å². The van der Waals surface area contributed by atoms with Crippen LogP contribution in [0.2, 0.25) is 0 Å². The molecule has 1 fully saturated rings. The first-order chi connectivity index (χ1) is 22.3. The first kappa shape index (κ1) is 35.8. The number of benzene rings is 1. The highest BCUT2D eigenvalue weighted by atomic mass is 32.2. The Hall–Kier alpha value is -4.02. The number of aromatic nitrogens is 4. The van der Waals surface area contributed by atoms with Gasteiger partial charge in [-0.2, -0.15) is 13.2 Å². The Kier molecular flexibility index (Phi) is 12.0. The maximum atomic E-state index is 15.7. The third-order valence-electron chi connectivity index (χ3n) is 6.61. The summed E-state index contributed by atoms with van der Waals surface area (Å²) >= 11 is 3.03. The Morgan fingerprint density at radius 2 is 1.81 bits per heavy atom. The van der Waals surface area contributed by atoms with Crippen LogP contribution in [0.4, 0.5) is 40.7 Å². The summed E-state index contributed by atoms with van der Waals surface area (Å²) in [5, 5.41) is 14.6. The van der Waals surface area contributed by atoms with Gasteiger partial charge in [0.1, 0.15) is 5.82 Å². The SMILES string of the molecule is CCCSNc1cccc(-c2nc(C(C)(C)C)sc2-c2ccnc(Nc3ccc(N4CCNCC4)cn3)n2)c1F.O=C(O)C(F)(F)F. The van der Waals surface area contributed by atoms with Gasteiger partial charge < -0.3 is 25.4 Å². The predicted octanol–water partition coefficient (Wildman–Crippen LogP) is 7.36. The van der Waals surface area contributed by atoms with Gasteiger partial charge in [-0.15, -0.1) is 11.3 Å². The minimum Gasteiger partial charge on any atom is -0.475 e. The van der Waals surface area contributed by atoms with Crippen molar-refractivity contribution in [2.24, 2.45) is 0 Å². The Morgan fingerprint density at radius 1 is 1.09 bits per heavy atom. The van der Waals surface area contributed by atoms with E-state index >= 15 is 4.39 Å². The number of carbonyl (C=O) groups is 1. The lowest BCUT2D eigenvalue weighted by Crippen LogP contribution is -2.43. The van der Waals surface area contributed by atoms with Gasteiger partial charge in [0, 0.05) is 49.1 Å². The molecule has 0 aliphatic carbocycles. The van der Waals surface area contributed by atoms with Crippen LogP contribution in [-0.2, 0) is 10.2 Å². The van der Waals surface area contributed by atoms with Crippen molar-refractivity contribution in [1.82, 2.24) is 25.3 Å². The number of carboxylic acids is 1. The van der Waals surface area contributed by atoms with E-state index in [-0.39, 0.29) is 11.2 Å². The van der Waals surface area contributed by atoms with E-state index in [0.29, 0.717) is 34.4 Å². The number of aliphatic carboxylic acids is 1. The zero-order valence-electron chi connectivity index (χ0n) is 26.3. The summed E-state index contributed by atoms with van der Waals surface area (Å²) in [4.78, 5) is 30.7. The second-order valence-electron chi connectivity index (χ2n) is 11.4. The third kappa shape index (κ3) is 9.74. The van der Waals surface area contributed by atoms with E-state index in [1.807, 2.05) is 24.4 Å². The van der Waals surface area contributed by atoms with Gasteiger partial charge in [-0.25, -0.2) is 29.1 Å². The molecule has 47 heavy (non-hydrogen) atoms. The standard InChI is InChI=1S/C29H35FN8S2.C2HF3O2/c1-5-17-39-37-21-8-6-7-20(24(21)30)25-26(40-27(36-25)29(2,3)4)22-11-12-32-28(34-22)35-23-10-9-19(18-33-23)38-15-13-31-14-16-38;3-2(4,5)1(6)7/h6-12,18,31,37H,5,13-17H2,1-4H3,(H,32,33,34,35);(H,6,7). The van der Waals surface area contributed by atoms with Crippen molar-refractivity contribution < 1.29 is 27.5 Å². The van der Waals surface area contributed by atoms with Crippen molar-refractivity contribution in [3.8, 4) is 21.8 Å². The monoisotopic (exact) mass is 692 g/mol. The fraction of sp³-hybridized carbons (Fsp3) is 0.387. The highest BCUT2D eigenvalue weighted by Gasteiger charge is 2.38. The number of thiazole rings is 1. The number of nitrogens with zero attached hydrogens (tertiary/aromatic N) is 5. The molecule has 0 radical (unpaired) electrons. The molecule has 4 aromatic rings. The highest BCUT2D eigenvalue weighted by molar-refractivity contribution is 8.00. The Morgan fingerprint density at radius 3 is 2.43 bits per heavy atom. The van der Waals surface area contributed by atoms with Crippen LogP contribution in [-0.4, -0.2) is 69.1 Å². The number of halogens is 4. The van der Waals surface area contributed by atoms with E-state index in [1.165, 1.54) is 23.3 Å². The molecule has 0 unspecified atom stereocenters. The topological polar surface area (TPSA) is 128 Å². The van der Waals surface area contributed by atoms with E-state index in [2.05, 4.69) is 64.0 Å². The molecule has 0 saturated carbocycles. The lowest BCUT2D eigenvalue weighted by atomic mass is 9.98. The van der Waals surface area contributed by atoms with Crippen molar-refractivity contribution in [3.63, 3.8) is 0 Å². The van der Waals surface area contributed by atoms with Gasteiger partial charge in [0.2, 0.25) is 5.95 Å². The Bertz CT molecular complexity index is 1640. The van der Waals surface area contributed by atoms with Crippen LogP contribution in [0.25, 0.3) is 21.8 Å². The zero-order chi connectivity index (χ0) is 34.2. The number of anilines is 4. The summed E-state index contributed by atoms with van der Waals surface area (Å²) in [6, 6.07) is 11.2. The fourth-order valence-corrected chi connectivity index (χ4v) is 5.98. The molecule has 1 saturated heterocycles. The number of hydrogen-bond donors (Lipinski definition) is 4. The first-order valence-corrected chi connectivity index (χ1v) is 16.6. The largest absolute Gasteiger partial charge is 0.490 e. The summed E-state index contributed by atoms with van der Waals surface area (Å²) in [6.45, 7) is 12.3. The van der Waals surface area contributed by atoms with Crippen molar-refractivity contribution in [1.29, 1.82) is 0 Å². The molecule has 4 heterocycles. The van der Waals surface area contributed by atoms with Gasteiger partial charge in [-0.3, -0.25) is 0 Å². The van der Waals surface area contributed by atoms with Gasteiger partial charge in [0.05, 0.1) is 38.8 Å². The van der Waals surface area contributed by atoms with Gasteiger partial charge in [0.15, 0.2) is 5.82 Å². The summed E-state index contributed by atoms with van der Waals surface area (Å²) < 4.78 is 50.6. The molecule has 4 N–H and O–H groups in total. The predicted molar refractivity (Wildman–Crippen MR) is 180 cm³/mol. The highest BCUT2D eigenvalue weighted by Crippen LogP contribution is 2.42. The van der Waals surface area contributed by atoms with Crippen molar-refractivity contribution in [3.05, 3.63) is 59.6 Å². The average molecular weight is 693 g/mol. The van der Waals surface area contributed by atoms with Crippen molar-refractivity contribution in [2.45, 2.75) is 45.7 Å². The molecule has 5 rings (SSSR count). The second kappa shape index (κ2) is 15.7. The normalized spacial score (nSPS) is 13.5. The number of rotatable bonds is 9. The Balaban J connectivity index is 0.000000644. The van der Waals surface area contributed by atoms with Crippen LogP contribution >= 0.6 is 23.3 Å². The molecule has 1 aliphatic rings. The number of carboxylic acid groups (broad SMARTS) is 1. The van der Waals surface area contributed by atoms with E-state index < -0.39 is 12.1 Å². The summed E-state index contributed by atoms with van der Waals surface area (Å²) in [6.07, 6.45) is -0.503. The molecule has 252 valence electrons. The fourth-order valence-electron chi connectivity index (χ4n) is 4.25. The molecule has 0 atom stereocenters. The van der Waals surface area contributed by atoms with Gasteiger partial charge in [0.25, 0.3) is 0 Å². The van der Waals surface area contributed by atoms with Gasteiger partial charge in [-0.1, -0.05) is 45.7 Å². The van der Waals surface area contributed by atoms with E-state index in [1.54, 1.807) is 18.3 Å². The van der Waals surface area contributed by atoms with Gasteiger partial charge in [-0.05, 0) is 36.8 Å². The minimum absolute atomic E-state index is 0.203. The van der Waals surface area contributed by atoms with Crippen LogP contribution in [0.15, 0.2) is 48.8 Å². The van der Waals surface area contributed by atoms with Crippen LogP contribution in [0.5, 0.6) is 0 Å². The lowest BCUT2D eigenvalue weighted by molar-refractivity contribution is -0.192. The molecule has 0 bridgehead atoms. The molecular formula is C31H36F4N8O2S2. The first-order valence-electron chi connectivity index (χ1n) is 14.8. The van der Waals surface area contributed by atoms with Gasteiger partial charge >= 0.3 is 12.1 Å². The summed E-state index contributed by atoms with van der Waals surface area (Å²) in [5.74, 6) is -1.11. The number of alkyl halides is 3. The van der Waals surface area contributed by atoms with Crippen LogP contribution in [0.3, 0.4) is 0 Å². The summed E-state index contributed by atoms with van der Waals surface area (Å²) in [7, 11) is 0. The maximum absolute atomic E-state index is 15.7. The number of pyridine rings is 1. The van der Waals surface area contributed by atoms with Crippen molar-refractivity contribution >= 4 is 52.4 Å². The molecule has 16 heteroatoms. The zero-order valence-corrected chi connectivity index (χ0v) is 27.9. The minimum atomic E-state index is -5.08. The Labute approximate surface area is 278 Å². The number of piperazine rings is 1. The lowest BCUT2D eigenvalue weighted by Gasteiger charge is -2.29. The van der Waals surface area contributed by atoms with Crippen LogP contribution in [0.1, 0.15) is 39.1 Å². The van der Waals surface area contributed by atoms with Crippen molar-refractivity contribution in [2.75, 3.05) is 46.9 Å². The summed E-state index contributed by atoms with van der Waals surface area (Å²) in [5.41, 5.74) is 3.05. The van der Waals surface area contributed by atoms with E-state index in [0.717, 1.165) is 53.9 Å². The molecule has 3 aromatic heterocycles. The van der Waals surface area contributed by atoms with Crippen LogP contribution < -0.4 is 20.3 Å². The maximum Gasteiger partial charge on any atom is 0.490 e. The van der Waals surface area contributed by atoms with Crippen LogP contribution in [0, 0.1) is 5.82 Å². The molecule has 0 amide bonds. The molecule has 1 aliphatic heterocycles. The molecule has 0 spiro atoms. The quantitative estimate of drug-likeness (QED) is 0.0799. The van der Waals surface area contributed by atoms with E-state index in [9.17, 15) is 13.2 Å². The second-order valence-corrected chi connectivity index (χ2v) is 13.3.